The fraction of sp³-hybridized carbons (Fsp3) is 0.400. The van der Waals surface area contributed by atoms with E-state index in [2.05, 4.69) is 0 Å². The second-order valence-electron chi connectivity index (χ2n) is 5.98. The van der Waals surface area contributed by atoms with E-state index < -0.39 is 33.4 Å². The smallest absolute Gasteiger partial charge is 0.325 e. The van der Waals surface area contributed by atoms with Crippen molar-refractivity contribution in [3.63, 3.8) is 0 Å². The van der Waals surface area contributed by atoms with Gasteiger partial charge in [-0.1, -0.05) is 0 Å². The standard InChI is InChI=1S/C15H16FNO5S/c1-9(2)17(15(5-6-15)14(18)19)23(20,21)13-8-10-7-11(16)3-4-12(10)22-13/h3-4,7-9H,5-6H2,1-2H3,(H,18,19). The molecular formula is C15H16FNO5S. The number of rotatable bonds is 5. The first kappa shape index (κ1) is 15.9. The highest BCUT2D eigenvalue weighted by Crippen LogP contribution is 2.46. The topological polar surface area (TPSA) is 87.8 Å². The Kier molecular flexibility index (Phi) is 3.49. The molecule has 1 aliphatic carbocycles. The summed E-state index contributed by atoms with van der Waals surface area (Å²) < 4.78 is 45.4. The van der Waals surface area contributed by atoms with E-state index in [1.807, 2.05) is 0 Å². The third-order valence-electron chi connectivity index (χ3n) is 3.98. The van der Waals surface area contributed by atoms with E-state index in [1.54, 1.807) is 13.8 Å². The van der Waals surface area contributed by atoms with E-state index in [9.17, 15) is 22.7 Å². The van der Waals surface area contributed by atoms with Gasteiger partial charge in [0.15, 0.2) is 0 Å². The third kappa shape index (κ3) is 2.42. The first-order valence-electron chi connectivity index (χ1n) is 7.15. The summed E-state index contributed by atoms with van der Waals surface area (Å²) in [5.41, 5.74) is -1.19. The zero-order valence-electron chi connectivity index (χ0n) is 12.6. The lowest BCUT2D eigenvalue weighted by atomic mass is 10.2. The Morgan fingerprint density at radius 2 is 2.00 bits per heavy atom. The van der Waals surface area contributed by atoms with Gasteiger partial charge in [0.25, 0.3) is 10.0 Å². The molecule has 124 valence electrons. The normalized spacial score (nSPS) is 17.1. The number of carboxylic acid groups (broad SMARTS) is 1. The van der Waals surface area contributed by atoms with Gasteiger partial charge in [-0.3, -0.25) is 4.79 Å². The fourth-order valence-electron chi connectivity index (χ4n) is 2.86. The van der Waals surface area contributed by atoms with Crippen LogP contribution in [0, 0.1) is 5.82 Å². The Bertz CT molecular complexity index is 882. The number of carboxylic acids is 1. The first-order valence-corrected chi connectivity index (χ1v) is 8.59. The number of benzene rings is 1. The van der Waals surface area contributed by atoms with Crippen molar-refractivity contribution in [2.75, 3.05) is 0 Å². The number of sulfonamides is 1. The molecule has 23 heavy (non-hydrogen) atoms. The molecule has 1 N–H and O–H groups in total. The molecule has 8 heteroatoms. The summed E-state index contributed by atoms with van der Waals surface area (Å²) in [5, 5.41) is 9.36. The molecule has 1 aromatic heterocycles. The van der Waals surface area contributed by atoms with E-state index in [-0.39, 0.29) is 23.5 Å². The van der Waals surface area contributed by atoms with Crippen molar-refractivity contribution in [3.8, 4) is 0 Å². The van der Waals surface area contributed by atoms with Gasteiger partial charge >= 0.3 is 5.97 Å². The van der Waals surface area contributed by atoms with Crippen molar-refractivity contribution in [1.29, 1.82) is 0 Å². The van der Waals surface area contributed by atoms with Crippen molar-refractivity contribution >= 4 is 27.0 Å². The molecule has 0 aliphatic heterocycles. The molecule has 0 saturated heterocycles. The Hall–Kier alpha value is -1.93. The molecule has 1 fully saturated rings. The van der Waals surface area contributed by atoms with Crippen LogP contribution in [0.3, 0.4) is 0 Å². The largest absolute Gasteiger partial charge is 0.480 e. The quantitative estimate of drug-likeness (QED) is 0.903. The Balaban J connectivity index is 2.12. The van der Waals surface area contributed by atoms with Gasteiger partial charge in [-0.15, -0.1) is 0 Å². The van der Waals surface area contributed by atoms with Gasteiger partial charge in [-0.05, 0) is 44.9 Å². The Morgan fingerprint density at radius 3 is 2.52 bits per heavy atom. The van der Waals surface area contributed by atoms with Gasteiger partial charge in [-0.25, -0.2) is 12.8 Å². The molecule has 0 bridgehead atoms. The molecule has 1 aliphatic rings. The number of carbonyl (C=O) groups is 1. The molecule has 1 saturated carbocycles. The van der Waals surface area contributed by atoms with Crippen LogP contribution >= 0.6 is 0 Å². The molecule has 0 radical (unpaired) electrons. The second-order valence-corrected chi connectivity index (χ2v) is 7.72. The van der Waals surface area contributed by atoms with Crippen LogP contribution in [0.15, 0.2) is 33.8 Å². The molecule has 0 spiro atoms. The summed E-state index contributed by atoms with van der Waals surface area (Å²) in [4.78, 5) is 11.5. The summed E-state index contributed by atoms with van der Waals surface area (Å²) in [6, 6.07) is 4.35. The van der Waals surface area contributed by atoms with Crippen LogP contribution in [0.5, 0.6) is 0 Å². The fourth-order valence-corrected chi connectivity index (χ4v) is 4.80. The number of furan rings is 1. The van der Waals surface area contributed by atoms with E-state index >= 15 is 0 Å². The van der Waals surface area contributed by atoms with Crippen LogP contribution in [-0.2, 0) is 14.8 Å². The predicted molar refractivity (Wildman–Crippen MR) is 79.9 cm³/mol. The van der Waals surface area contributed by atoms with Gasteiger partial charge in [0.2, 0.25) is 5.09 Å². The summed E-state index contributed by atoms with van der Waals surface area (Å²) in [6.45, 7) is 3.23. The minimum Gasteiger partial charge on any atom is -0.480 e. The summed E-state index contributed by atoms with van der Waals surface area (Å²) in [6.07, 6.45) is 0.517. The number of halogens is 1. The monoisotopic (exact) mass is 341 g/mol. The predicted octanol–water partition coefficient (Wildman–Crippen LogP) is 2.59. The summed E-state index contributed by atoms with van der Waals surface area (Å²) in [5.74, 6) is -1.68. The first-order chi connectivity index (χ1) is 10.7. The number of hydrogen-bond acceptors (Lipinski definition) is 4. The zero-order chi connectivity index (χ0) is 17.0. The van der Waals surface area contributed by atoms with E-state index in [0.717, 1.165) is 4.31 Å². The van der Waals surface area contributed by atoms with Gasteiger partial charge < -0.3 is 9.52 Å². The highest BCUT2D eigenvalue weighted by molar-refractivity contribution is 7.89. The van der Waals surface area contributed by atoms with Gasteiger partial charge in [0.1, 0.15) is 16.9 Å². The van der Waals surface area contributed by atoms with E-state index in [1.165, 1.54) is 24.3 Å². The van der Waals surface area contributed by atoms with Crippen LogP contribution in [-0.4, -0.2) is 35.4 Å². The molecule has 3 rings (SSSR count). The Morgan fingerprint density at radius 1 is 1.35 bits per heavy atom. The maximum Gasteiger partial charge on any atom is 0.325 e. The third-order valence-corrected chi connectivity index (χ3v) is 5.98. The van der Waals surface area contributed by atoms with Crippen molar-refractivity contribution in [2.24, 2.45) is 0 Å². The van der Waals surface area contributed by atoms with Crippen molar-refractivity contribution < 1.29 is 27.1 Å². The SMILES string of the molecule is CC(C)N(C1(C(=O)O)CC1)S(=O)(=O)c1cc2cc(F)ccc2o1. The summed E-state index contributed by atoms with van der Waals surface area (Å²) >= 11 is 0. The van der Waals surface area contributed by atoms with E-state index in [0.29, 0.717) is 5.39 Å². The number of fused-ring (bicyclic) bond motifs is 1. The van der Waals surface area contributed by atoms with Crippen molar-refractivity contribution in [1.82, 2.24) is 4.31 Å². The minimum atomic E-state index is -4.15. The minimum absolute atomic E-state index is 0.230. The van der Waals surface area contributed by atoms with Crippen molar-refractivity contribution in [2.45, 2.75) is 43.4 Å². The molecule has 6 nitrogen and oxygen atoms in total. The highest BCUT2D eigenvalue weighted by Gasteiger charge is 2.60. The maximum atomic E-state index is 13.3. The molecule has 0 unspecified atom stereocenters. The lowest BCUT2D eigenvalue weighted by molar-refractivity contribution is -0.143. The molecular weight excluding hydrogens is 325 g/mol. The maximum absolute atomic E-state index is 13.3. The van der Waals surface area contributed by atoms with Gasteiger partial charge in [0, 0.05) is 17.5 Å². The van der Waals surface area contributed by atoms with Crippen molar-refractivity contribution in [3.05, 3.63) is 30.1 Å². The molecule has 1 aromatic carbocycles. The molecule has 1 heterocycles. The molecule has 0 amide bonds. The van der Waals surface area contributed by atoms with Gasteiger partial charge in [0.05, 0.1) is 0 Å². The van der Waals surface area contributed by atoms with Crippen LogP contribution in [0.2, 0.25) is 0 Å². The molecule has 2 aromatic rings. The average molecular weight is 341 g/mol. The van der Waals surface area contributed by atoms with Crippen LogP contribution in [0.1, 0.15) is 26.7 Å². The lowest BCUT2D eigenvalue weighted by Gasteiger charge is -2.30. The zero-order valence-corrected chi connectivity index (χ0v) is 13.4. The van der Waals surface area contributed by atoms with Crippen LogP contribution in [0.4, 0.5) is 4.39 Å². The van der Waals surface area contributed by atoms with Crippen LogP contribution < -0.4 is 0 Å². The number of aliphatic carboxylic acids is 1. The second kappa shape index (κ2) is 5.04. The van der Waals surface area contributed by atoms with E-state index in [4.69, 9.17) is 4.42 Å². The molecule has 0 atom stereocenters. The Labute approximate surface area is 132 Å². The number of nitrogens with zero attached hydrogens (tertiary/aromatic N) is 1. The lowest BCUT2D eigenvalue weighted by Crippen LogP contribution is -2.50. The number of hydrogen-bond donors (Lipinski definition) is 1. The average Bonchev–Trinajstić information content (AvgIpc) is 3.10. The summed E-state index contributed by atoms with van der Waals surface area (Å²) in [7, 11) is -4.15. The highest BCUT2D eigenvalue weighted by atomic mass is 32.2. The van der Waals surface area contributed by atoms with Gasteiger partial charge in [-0.2, -0.15) is 4.31 Å². The van der Waals surface area contributed by atoms with Crippen LogP contribution in [0.25, 0.3) is 11.0 Å².